The number of anilines is 2. The Morgan fingerprint density at radius 1 is 1.50 bits per heavy atom. The Morgan fingerprint density at radius 3 is 2.96 bits per heavy atom. The molecule has 26 heavy (non-hydrogen) atoms. The number of fused-ring (bicyclic) bond motifs is 3. The Morgan fingerprint density at radius 2 is 2.27 bits per heavy atom. The number of nitrogens with zero attached hydrogens (tertiary/aromatic N) is 3. The molecule has 1 aromatic rings. The third-order valence-electron chi connectivity index (χ3n) is 4.36. The predicted molar refractivity (Wildman–Crippen MR) is 89.7 cm³/mol. The first-order valence-corrected chi connectivity index (χ1v) is 8.47. The van der Waals surface area contributed by atoms with Gasteiger partial charge in [-0.15, -0.1) is 0 Å². The van der Waals surface area contributed by atoms with E-state index in [1.54, 1.807) is 4.90 Å². The Balaban J connectivity index is 1.58. The number of piperazine rings is 1. The number of rotatable bonds is 5. The monoisotopic (exact) mass is 373 g/mol. The lowest BCUT2D eigenvalue weighted by Gasteiger charge is -2.38. The van der Waals surface area contributed by atoms with Gasteiger partial charge in [-0.2, -0.15) is 13.2 Å². The first-order chi connectivity index (χ1) is 12.3. The summed E-state index contributed by atoms with van der Waals surface area (Å²) in [6.07, 6.45) is -3.61. The van der Waals surface area contributed by atoms with E-state index in [0.29, 0.717) is 44.4 Å². The Hall–Kier alpha value is -2.07. The number of carbonyl (C=O) groups is 1. The number of alkyl halides is 3. The van der Waals surface area contributed by atoms with Crippen molar-refractivity contribution in [1.82, 2.24) is 9.88 Å². The summed E-state index contributed by atoms with van der Waals surface area (Å²) in [4.78, 5) is 19.8. The van der Waals surface area contributed by atoms with Crippen LogP contribution in [0.4, 0.5) is 24.7 Å². The normalized spacial score (nSPS) is 20.4. The number of hydrogen-bond acceptors (Lipinski definition) is 6. The van der Waals surface area contributed by atoms with Gasteiger partial charge in [-0.05, 0) is 13.0 Å². The fourth-order valence-electron chi connectivity index (χ4n) is 3.10. The van der Waals surface area contributed by atoms with E-state index in [0.717, 1.165) is 12.3 Å². The van der Waals surface area contributed by atoms with Crippen LogP contribution in [0.1, 0.15) is 18.9 Å². The van der Waals surface area contributed by atoms with Gasteiger partial charge in [-0.1, -0.05) is 0 Å². The van der Waals surface area contributed by atoms with E-state index in [1.807, 2.05) is 11.8 Å². The molecule has 10 heteroatoms. The van der Waals surface area contributed by atoms with Crippen LogP contribution in [0.2, 0.25) is 0 Å². The van der Waals surface area contributed by atoms with E-state index in [9.17, 15) is 18.0 Å². The van der Waals surface area contributed by atoms with Crippen LogP contribution in [0, 0.1) is 0 Å². The lowest BCUT2D eigenvalue weighted by Crippen LogP contribution is -2.55. The van der Waals surface area contributed by atoms with Crippen LogP contribution in [0.15, 0.2) is 12.3 Å². The SMILES string of the molecule is C[C@H](N)COCCC(=O)N1CCN2c3ncc(C(F)(F)F)cc3NC2C1. The summed E-state index contributed by atoms with van der Waals surface area (Å²) in [6, 6.07) is 0.984. The molecule has 144 valence electrons. The van der Waals surface area contributed by atoms with E-state index in [1.165, 1.54) is 0 Å². The van der Waals surface area contributed by atoms with Gasteiger partial charge in [0.1, 0.15) is 6.17 Å². The zero-order valence-corrected chi connectivity index (χ0v) is 14.4. The number of aromatic nitrogens is 1. The Bertz CT molecular complexity index is 668. The van der Waals surface area contributed by atoms with E-state index < -0.39 is 11.7 Å². The molecule has 0 saturated carbocycles. The van der Waals surface area contributed by atoms with Gasteiger partial charge in [0.15, 0.2) is 5.82 Å². The molecule has 7 nitrogen and oxygen atoms in total. The fraction of sp³-hybridized carbons (Fsp3) is 0.625. The molecule has 1 saturated heterocycles. The lowest BCUT2D eigenvalue weighted by atomic mass is 10.2. The van der Waals surface area contributed by atoms with Crippen molar-refractivity contribution in [2.24, 2.45) is 5.73 Å². The molecule has 0 aliphatic carbocycles. The Kier molecular flexibility index (Phi) is 5.24. The smallest absolute Gasteiger partial charge is 0.379 e. The highest BCUT2D eigenvalue weighted by Gasteiger charge is 2.38. The van der Waals surface area contributed by atoms with Gasteiger partial charge in [0.25, 0.3) is 0 Å². The van der Waals surface area contributed by atoms with Crippen molar-refractivity contribution in [2.75, 3.05) is 43.1 Å². The topological polar surface area (TPSA) is 83.7 Å². The molecule has 0 aromatic carbocycles. The van der Waals surface area contributed by atoms with E-state index in [2.05, 4.69) is 10.3 Å². The molecule has 1 amide bonds. The van der Waals surface area contributed by atoms with Crippen LogP contribution in [0.25, 0.3) is 0 Å². The molecule has 1 fully saturated rings. The number of nitrogens with two attached hydrogens (primary N) is 1. The lowest BCUT2D eigenvalue weighted by molar-refractivity contribution is -0.137. The highest BCUT2D eigenvalue weighted by molar-refractivity contribution is 5.78. The van der Waals surface area contributed by atoms with Gasteiger partial charge in [0.2, 0.25) is 5.91 Å². The summed E-state index contributed by atoms with van der Waals surface area (Å²) in [5.41, 5.74) is 5.14. The number of pyridine rings is 1. The second kappa shape index (κ2) is 7.28. The molecule has 1 aromatic heterocycles. The van der Waals surface area contributed by atoms with Crippen LogP contribution >= 0.6 is 0 Å². The van der Waals surface area contributed by atoms with E-state index in [4.69, 9.17) is 10.5 Å². The maximum atomic E-state index is 12.8. The minimum absolute atomic E-state index is 0.0454. The van der Waals surface area contributed by atoms with E-state index >= 15 is 0 Å². The molecule has 3 N–H and O–H groups in total. The summed E-state index contributed by atoms with van der Waals surface area (Å²) < 4.78 is 43.8. The molecular weight excluding hydrogens is 351 g/mol. The van der Waals surface area contributed by atoms with Crippen molar-refractivity contribution in [1.29, 1.82) is 0 Å². The molecule has 0 bridgehead atoms. The average Bonchev–Trinajstić information content (AvgIpc) is 2.94. The molecule has 2 aliphatic heterocycles. The van der Waals surface area contributed by atoms with Crippen molar-refractivity contribution in [3.8, 4) is 0 Å². The van der Waals surface area contributed by atoms with Crippen LogP contribution in [0.5, 0.6) is 0 Å². The zero-order chi connectivity index (χ0) is 18.9. The summed E-state index contributed by atoms with van der Waals surface area (Å²) in [7, 11) is 0. The zero-order valence-electron chi connectivity index (χ0n) is 14.4. The number of amides is 1. The molecule has 1 unspecified atom stereocenters. The maximum absolute atomic E-state index is 12.8. The third-order valence-corrected chi connectivity index (χ3v) is 4.36. The summed E-state index contributed by atoms with van der Waals surface area (Å²) in [6.45, 7) is 3.90. The summed E-state index contributed by atoms with van der Waals surface area (Å²) >= 11 is 0. The van der Waals surface area contributed by atoms with Crippen molar-refractivity contribution >= 4 is 17.4 Å². The highest BCUT2D eigenvalue weighted by atomic mass is 19.4. The molecule has 3 heterocycles. The number of hydrogen-bond donors (Lipinski definition) is 2. The van der Waals surface area contributed by atoms with Gasteiger partial charge < -0.3 is 25.6 Å². The standard InChI is InChI=1S/C16H22F3N5O2/c1-10(20)9-26-5-2-14(25)23-3-4-24-13(8-23)22-12-6-11(16(17,18)19)7-21-15(12)24/h6-7,10,13,22H,2-5,8-9,20H2,1H3/t10-,13?/m0/s1. The highest BCUT2D eigenvalue weighted by Crippen LogP contribution is 2.38. The quantitative estimate of drug-likeness (QED) is 0.756. The largest absolute Gasteiger partial charge is 0.417 e. The first kappa shape index (κ1) is 18.7. The van der Waals surface area contributed by atoms with Crippen molar-refractivity contribution in [3.63, 3.8) is 0 Å². The first-order valence-electron chi connectivity index (χ1n) is 8.47. The van der Waals surface area contributed by atoms with Crippen molar-refractivity contribution < 1.29 is 22.7 Å². The second-order valence-corrected chi connectivity index (χ2v) is 6.59. The molecular formula is C16H22F3N5O2. The van der Waals surface area contributed by atoms with Gasteiger partial charge in [-0.3, -0.25) is 4.79 Å². The average molecular weight is 373 g/mol. The number of halogens is 3. The predicted octanol–water partition coefficient (Wildman–Crippen LogP) is 1.25. The molecule has 2 atom stereocenters. The van der Waals surface area contributed by atoms with E-state index in [-0.39, 0.29) is 24.5 Å². The Labute approximate surface area is 149 Å². The molecule has 0 radical (unpaired) electrons. The van der Waals surface area contributed by atoms with Crippen LogP contribution in [-0.2, 0) is 15.7 Å². The van der Waals surface area contributed by atoms with Gasteiger partial charge >= 0.3 is 6.18 Å². The third kappa shape index (κ3) is 4.01. The fourth-order valence-corrected chi connectivity index (χ4v) is 3.10. The molecule has 2 aliphatic rings. The van der Waals surface area contributed by atoms with Crippen LogP contribution < -0.4 is 16.0 Å². The number of ether oxygens (including phenoxy) is 1. The van der Waals surface area contributed by atoms with Crippen LogP contribution in [-0.4, -0.2) is 60.8 Å². The van der Waals surface area contributed by atoms with Crippen LogP contribution in [0.3, 0.4) is 0 Å². The summed E-state index contributed by atoms with van der Waals surface area (Å²) in [5, 5.41) is 3.04. The second-order valence-electron chi connectivity index (χ2n) is 6.59. The minimum Gasteiger partial charge on any atom is -0.379 e. The number of nitrogens with one attached hydrogen (secondary N) is 1. The van der Waals surface area contributed by atoms with Gasteiger partial charge in [0, 0.05) is 25.3 Å². The minimum atomic E-state index is -4.43. The van der Waals surface area contributed by atoms with Gasteiger partial charge in [-0.25, -0.2) is 4.98 Å². The molecule has 0 spiro atoms. The summed E-state index contributed by atoms with van der Waals surface area (Å²) in [5.74, 6) is 0.450. The van der Waals surface area contributed by atoms with Gasteiger partial charge in [0.05, 0.1) is 37.4 Å². The maximum Gasteiger partial charge on any atom is 0.417 e. The number of carbonyl (C=O) groups excluding carboxylic acids is 1. The van der Waals surface area contributed by atoms with Crippen molar-refractivity contribution in [2.45, 2.75) is 31.7 Å². The van der Waals surface area contributed by atoms with Crippen molar-refractivity contribution in [3.05, 3.63) is 17.8 Å². The molecule has 3 rings (SSSR count).